The summed E-state index contributed by atoms with van der Waals surface area (Å²) in [5.74, 6) is 1.30. The molecule has 1 aliphatic carbocycles. The molecule has 1 saturated heterocycles. The molecule has 2 aliphatic rings. The number of fused-ring (bicyclic) bond motifs is 1. The Bertz CT molecular complexity index is 382. The van der Waals surface area contributed by atoms with Gasteiger partial charge < -0.3 is 9.73 Å². The first-order valence-electron chi connectivity index (χ1n) is 6.11. The van der Waals surface area contributed by atoms with E-state index in [2.05, 4.69) is 10.3 Å². The van der Waals surface area contributed by atoms with E-state index in [1.165, 1.54) is 0 Å². The highest BCUT2D eigenvalue weighted by Gasteiger charge is 2.28. The number of hydrogen-bond donors (Lipinski definition) is 1. The number of hydrogen-bond acceptors (Lipinski definition) is 4. The lowest BCUT2D eigenvalue weighted by molar-refractivity contribution is 0.0916. The molecule has 4 heteroatoms. The third-order valence-corrected chi connectivity index (χ3v) is 3.43. The van der Waals surface area contributed by atoms with E-state index in [0.29, 0.717) is 5.89 Å². The number of aromatic nitrogens is 1. The smallest absolute Gasteiger partial charge is 0.265 e. The van der Waals surface area contributed by atoms with Gasteiger partial charge in [-0.2, -0.15) is 0 Å². The Morgan fingerprint density at radius 2 is 2.19 bits per heavy atom. The second kappa shape index (κ2) is 4.01. The number of carbonyl (C=O) groups excluding carboxylic acids is 1. The molecular formula is C12H16N2O2. The molecule has 0 saturated carbocycles. The van der Waals surface area contributed by atoms with Gasteiger partial charge >= 0.3 is 0 Å². The topological polar surface area (TPSA) is 55.1 Å². The Labute approximate surface area is 94.4 Å². The third-order valence-electron chi connectivity index (χ3n) is 3.43. The molecule has 0 spiro atoms. The summed E-state index contributed by atoms with van der Waals surface area (Å²) in [6.07, 6.45) is 6.19. The zero-order valence-electron chi connectivity index (χ0n) is 9.29. The number of aryl methyl sites for hydroxylation is 2. The van der Waals surface area contributed by atoms with Crippen LogP contribution in [-0.2, 0) is 12.8 Å². The van der Waals surface area contributed by atoms with Gasteiger partial charge in [0, 0.05) is 6.42 Å². The molecule has 3 rings (SSSR count). The number of rotatable bonds is 2. The van der Waals surface area contributed by atoms with Gasteiger partial charge in [0.2, 0.25) is 5.78 Å². The van der Waals surface area contributed by atoms with Gasteiger partial charge in [0.25, 0.3) is 5.89 Å². The second-order valence-electron chi connectivity index (χ2n) is 4.61. The Balaban J connectivity index is 1.83. The zero-order chi connectivity index (χ0) is 11.0. The van der Waals surface area contributed by atoms with Crippen molar-refractivity contribution in [2.24, 2.45) is 0 Å². The van der Waals surface area contributed by atoms with E-state index in [1.807, 2.05) is 0 Å². The summed E-state index contributed by atoms with van der Waals surface area (Å²) in [7, 11) is 0. The minimum absolute atomic E-state index is 0.0342. The lowest BCUT2D eigenvalue weighted by Crippen LogP contribution is -2.30. The first kappa shape index (κ1) is 10.0. The van der Waals surface area contributed by atoms with Gasteiger partial charge in [-0.15, -0.1) is 0 Å². The predicted molar refractivity (Wildman–Crippen MR) is 58.5 cm³/mol. The summed E-state index contributed by atoms with van der Waals surface area (Å²) in [6.45, 7) is 0.927. The summed E-state index contributed by atoms with van der Waals surface area (Å²) in [6, 6.07) is -0.0693. The van der Waals surface area contributed by atoms with Crippen LogP contribution in [0, 0.1) is 0 Å². The third kappa shape index (κ3) is 1.67. The molecule has 0 radical (unpaired) electrons. The largest absolute Gasteiger partial charge is 0.439 e. The molecule has 1 aromatic heterocycles. The van der Waals surface area contributed by atoms with Gasteiger partial charge in [-0.1, -0.05) is 0 Å². The molecule has 1 fully saturated rings. The molecule has 1 unspecified atom stereocenters. The molecule has 1 aromatic rings. The summed E-state index contributed by atoms with van der Waals surface area (Å²) < 4.78 is 5.58. The first-order chi connectivity index (χ1) is 7.84. The predicted octanol–water partition coefficient (Wildman–Crippen LogP) is 1.49. The molecule has 1 atom stereocenters. The highest BCUT2D eigenvalue weighted by Crippen LogP contribution is 2.23. The van der Waals surface area contributed by atoms with E-state index < -0.39 is 0 Å². The van der Waals surface area contributed by atoms with Crippen LogP contribution in [0.2, 0.25) is 0 Å². The van der Waals surface area contributed by atoms with Crippen molar-refractivity contribution in [3.63, 3.8) is 0 Å². The van der Waals surface area contributed by atoms with E-state index in [9.17, 15) is 4.79 Å². The monoisotopic (exact) mass is 220 g/mol. The fourth-order valence-corrected chi connectivity index (χ4v) is 2.51. The lowest BCUT2D eigenvalue weighted by Gasteiger charge is -2.05. The lowest BCUT2D eigenvalue weighted by atomic mass is 10.0. The van der Waals surface area contributed by atoms with Crippen LogP contribution >= 0.6 is 0 Å². The number of ketones is 1. The molecule has 86 valence electrons. The Morgan fingerprint density at radius 3 is 2.94 bits per heavy atom. The van der Waals surface area contributed by atoms with Crippen molar-refractivity contribution >= 4 is 5.78 Å². The van der Waals surface area contributed by atoms with E-state index >= 15 is 0 Å². The summed E-state index contributed by atoms with van der Waals surface area (Å²) in [5.41, 5.74) is 1.01. The van der Waals surface area contributed by atoms with E-state index in [-0.39, 0.29) is 11.8 Å². The molecule has 1 aliphatic heterocycles. The molecule has 0 aromatic carbocycles. The second-order valence-corrected chi connectivity index (χ2v) is 4.61. The van der Waals surface area contributed by atoms with Crippen molar-refractivity contribution in [1.29, 1.82) is 0 Å². The number of Topliss-reactive ketones (excluding diaryl/α,β-unsaturated/α-hetero) is 1. The van der Waals surface area contributed by atoms with Gasteiger partial charge in [0.1, 0.15) is 5.76 Å². The van der Waals surface area contributed by atoms with Crippen LogP contribution in [-0.4, -0.2) is 23.4 Å². The van der Waals surface area contributed by atoms with Gasteiger partial charge in [0.15, 0.2) is 0 Å². The Hall–Kier alpha value is -1.16. The quantitative estimate of drug-likeness (QED) is 0.767. The average Bonchev–Trinajstić information content (AvgIpc) is 2.97. The highest BCUT2D eigenvalue weighted by molar-refractivity contribution is 5.96. The van der Waals surface area contributed by atoms with Gasteiger partial charge in [-0.05, 0) is 38.6 Å². The number of nitrogens with one attached hydrogen (secondary N) is 1. The van der Waals surface area contributed by atoms with Gasteiger partial charge in [-0.25, -0.2) is 4.98 Å². The van der Waals surface area contributed by atoms with Crippen molar-refractivity contribution in [2.45, 2.75) is 44.6 Å². The maximum Gasteiger partial charge on any atom is 0.265 e. The summed E-state index contributed by atoms with van der Waals surface area (Å²) >= 11 is 0. The van der Waals surface area contributed by atoms with Gasteiger partial charge in [0.05, 0.1) is 11.7 Å². The Kier molecular flexibility index (Phi) is 2.52. The van der Waals surface area contributed by atoms with E-state index in [1.54, 1.807) is 0 Å². The van der Waals surface area contributed by atoms with Crippen LogP contribution in [0.15, 0.2) is 4.42 Å². The van der Waals surface area contributed by atoms with Crippen LogP contribution in [0.25, 0.3) is 0 Å². The highest BCUT2D eigenvalue weighted by atomic mass is 16.4. The normalized spacial score (nSPS) is 24.4. The molecule has 2 heterocycles. The van der Waals surface area contributed by atoms with Crippen molar-refractivity contribution in [2.75, 3.05) is 6.54 Å². The number of carbonyl (C=O) groups is 1. The van der Waals surface area contributed by atoms with Crippen LogP contribution in [0.4, 0.5) is 0 Å². The molecule has 0 bridgehead atoms. The Morgan fingerprint density at radius 1 is 1.31 bits per heavy atom. The van der Waals surface area contributed by atoms with E-state index in [0.717, 1.165) is 56.5 Å². The molecule has 1 N–H and O–H groups in total. The maximum atomic E-state index is 12.0. The zero-order valence-corrected chi connectivity index (χ0v) is 9.29. The minimum atomic E-state index is -0.0693. The molecule has 4 nitrogen and oxygen atoms in total. The van der Waals surface area contributed by atoms with Crippen molar-refractivity contribution in [1.82, 2.24) is 10.3 Å². The number of oxazole rings is 1. The van der Waals surface area contributed by atoms with Gasteiger partial charge in [-0.3, -0.25) is 4.79 Å². The summed E-state index contributed by atoms with van der Waals surface area (Å²) in [5, 5.41) is 3.19. The van der Waals surface area contributed by atoms with E-state index in [4.69, 9.17) is 4.42 Å². The fourth-order valence-electron chi connectivity index (χ4n) is 2.51. The van der Waals surface area contributed by atoms with Crippen LogP contribution < -0.4 is 5.32 Å². The van der Waals surface area contributed by atoms with Crippen LogP contribution in [0.3, 0.4) is 0 Å². The van der Waals surface area contributed by atoms with Crippen LogP contribution in [0.5, 0.6) is 0 Å². The van der Waals surface area contributed by atoms with Crippen molar-refractivity contribution in [3.8, 4) is 0 Å². The van der Waals surface area contributed by atoms with Crippen LogP contribution in [0.1, 0.15) is 47.8 Å². The molecule has 16 heavy (non-hydrogen) atoms. The van der Waals surface area contributed by atoms with Crippen molar-refractivity contribution in [3.05, 3.63) is 17.3 Å². The first-order valence-corrected chi connectivity index (χ1v) is 6.11. The molecular weight excluding hydrogens is 204 g/mol. The SMILES string of the molecule is O=C(c1nc2c(o1)CCCC2)C1CCCN1. The average molecular weight is 220 g/mol. The standard InChI is InChI=1S/C12H16N2O2/c15-11(9-5-3-7-13-9)12-14-8-4-1-2-6-10(8)16-12/h9,13H,1-7H2. The minimum Gasteiger partial charge on any atom is -0.439 e. The summed E-state index contributed by atoms with van der Waals surface area (Å²) in [4.78, 5) is 16.4. The van der Waals surface area contributed by atoms with Crippen molar-refractivity contribution < 1.29 is 9.21 Å². The fraction of sp³-hybridized carbons (Fsp3) is 0.667. The number of nitrogens with zero attached hydrogens (tertiary/aromatic N) is 1. The molecule has 0 amide bonds. The maximum absolute atomic E-state index is 12.0.